The van der Waals surface area contributed by atoms with E-state index in [2.05, 4.69) is 0 Å². The van der Waals surface area contributed by atoms with Gasteiger partial charge in [0.1, 0.15) is 0 Å². The average molecular weight is 330 g/mol. The van der Waals surface area contributed by atoms with Crippen LogP contribution in [0.15, 0.2) is 24.3 Å². The number of carbonyl (C=O) groups is 3. The number of anilines is 1. The van der Waals surface area contributed by atoms with Crippen molar-refractivity contribution in [3.8, 4) is 0 Å². The third kappa shape index (κ3) is 2.12. The maximum atomic E-state index is 13.1. The first-order valence-corrected chi connectivity index (χ1v) is 8.38. The highest BCUT2D eigenvalue weighted by Gasteiger charge is 2.62. The third-order valence-corrected chi connectivity index (χ3v) is 4.58. The highest BCUT2D eigenvalue weighted by Crippen LogP contribution is 2.45. The molecule has 2 aliphatic heterocycles. The molecule has 0 N–H and O–H groups in total. The van der Waals surface area contributed by atoms with Crippen LogP contribution in [0.5, 0.6) is 0 Å². The summed E-state index contributed by atoms with van der Waals surface area (Å²) in [6.45, 7) is 5.87. The Hall–Kier alpha value is -2.37. The van der Waals surface area contributed by atoms with Crippen LogP contribution in [0.3, 0.4) is 0 Å². The van der Waals surface area contributed by atoms with Crippen LogP contribution in [0, 0.1) is 0 Å². The lowest BCUT2D eigenvalue weighted by atomic mass is 9.95. The molecular weight excluding hydrogens is 308 g/mol. The van der Waals surface area contributed by atoms with Crippen LogP contribution in [-0.2, 0) is 14.3 Å². The van der Waals surface area contributed by atoms with Gasteiger partial charge in [-0.2, -0.15) is 0 Å². The molecule has 1 atom stereocenters. The van der Waals surface area contributed by atoms with Crippen LogP contribution >= 0.6 is 0 Å². The fourth-order valence-electron chi connectivity index (χ4n) is 3.68. The number of ether oxygens (including phenoxy) is 1. The molecule has 3 rings (SSSR count). The molecule has 0 bridgehead atoms. The van der Waals surface area contributed by atoms with Gasteiger partial charge >= 0.3 is 5.97 Å². The van der Waals surface area contributed by atoms with Crippen molar-refractivity contribution in [3.05, 3.63) is 29.8 Å². The third-order valence-electron chi connectivity index (χ3n) is 4.58. The molecule has 2 aliphatic rings. The van der Waals surface area contributed by atoms with Crippen LogP contribution in [-0.4, -0.2) is 41.0 Å². The van der Waals surface area contributed by atoms with E-state index >= 15 is 0 Å². The van der Waals surface area contributed by atoms with Crippen LogP contribution < -0.4 is 4.90 Å². The Labute approximate surface area is 141 Å². The number of fused-ring (bicyclic) bond motifs is 3. The first-order chi connectivity index (χ1) is 11.4. The second-order valence-corrected chi connectivity index (χ2v) is 6.47. The number of hydrogen-bond donors (Lipinski definition) is 0. The van der Waals surface area contributed by atoms with Crippen LogP contribution in [0.1, 0.15) is 50.4 Å². The van der Waals surface area contributed by atoms with E-state index in [1.54, 1.807) is 24.3 Å². The Morgan fingerprint density at radius 2 is 2.00 bits per heavy atom. The SMILES string of the molecule is CCCOC(=O)[C@]12CCC(=O)N1c1ccccc1C(=O)N2C(C)C. The zero-order valence-corrected chi connectivity index (χ0v) is 14.2. The molecule has 1 fully saturated rings. The van der Waals surface area contributed by atoms with Gasteiger partial charge in [0.05, 0.1) is 17.9 Å². The lowest BCUT2D eigenvalue weighted by molar-refractivity contribution is -0.158. The largest absolute Gasteiger partial charge is 0.463 e. The number of nitrogens with zero attached hydrogens (tertiary/aromatic N) is 2. The average Bonchev–Trinajstić information content (AvgIpc) is 2.91. The van der Waals surface area contributed by atoms with Gasteiger partial charge in [0.15, 0.2) is 0 Å². The molecule has 6 nitrogen and oxygen atoms in total. The monoisotopic (exact) mass is 330 g/mol. The highest BCUT2D eigenvalue weighted by molar-refractivity contribution is 6.15. The number of para-hydroxylation sites is 1. The normalized spacial score (nSPS) is 22.7. The number of hydrogen-bond acceptors (Lipinski definition) is 4. The number of esters is 1. The second-order valence-electron chi connectivity index (χ2n) is 6.47. The van der Waals surface area contributed by atoms with E-state index in [0.29, 0.717) is 17.7 Å². The van der Waals surface area contributed by atoms with Crippen molar-refractivity contribution in [2.75, 3.05) is 11.5 Å². The van der Waals surface area contributed by atoms with E-state index in [1.165, 1.54) is 9.80 Å². The fourth-order valence-corrected chi connectivity index (χ4v) is 3.68. The lowest BCUT2D eigenvalue weighted by Gasteiger charge is -2.50. The topological polar surface area (TPSA) is 66.9 Å². The van der Waals surface area contributed by atoms with Crippen molar-refractivity contribution in [3.63, 3.8) is 0 Å². The summed E-state index contributed by atoms with van der Waals surface area (Å²) in [5.74, 6) is -0.916. The molecule has 24 heavy (non-hydrogen) atoms. The standard InChI is InChI=1S/C18H22N2O4/c1-4-11-24-17(23)18-10-9-15(21)20(18)14-8-6-5-7-13(14)16(22)19(18)12(2)3/h5-8,12H,4,9-11H2,1-3H3/t18-/m0/s1. The summed E-state index contributed by atoms with van der Waals surface area (Å²) >= 11 is 0. The van der Waals surface area contributed by atoms with E-state index < -0.39 is 11.6 Å². The van der Waals surface area contributed by atoms with Crippen molar-refractivity contribution in [2.45, 2.75) is 51.7 Å². The first-order valence-electron chi connectivity index (χ1n) is 8.38. The predicted octanol–water partition coefficient (Wildman–Crippen LogP) is 2.33. The maximum Gasteiger partial charge on any atom is 0.353 e. The minimum absolute atomic E-state index is 0.158. The number of benzene rings is 1. The zero-order valence-electron chi connectivity index (χ0n) is 14.2. The highest BCUT2D eigenvalue weighted by atomic mass is 16.5. The summed E-state index contributed by atoms with van der Waals surface area (Å²) in [7, 11) is 0. The van der Waals surface area contributed by atoms with Gasteiger partial charge in [-0.05, 0) is 32.4 Å². The van der Waals surface area contributed by atoms with Gasteiger partial charge in [-0.1, -0.05) is 19.1 Å². The summed E-state index contributed by atoms with van der Waals surface area (Å²) < 4.78 is 5.40. The Morgan fingerprint density at radius 1 is 1.29 bits per heavy atom. The molecule has 0 aromatic heterocycles. The Bertz CT molecular complexity index is 700. The van der Waals surface area contributed by atoms with Gasteiger partial charge in [-0.25, -0.2) is 4.79 Å². The summed E-state index contributed by atoms with van der Waals surface area (Å²) in [4.78, 5) is 41.6. The number of amides is 2. The van der Waals surface area contributed by atoms with Gasteiger partial charge in [-0.15, -0.1) is 0 Å². The first kappa shape index (κ1) is 16.5. The summed E-state index contributed by atoms with van der Waals surface area (Å²) in [6, 6.07) is 6.70. The minimum Gasteiger partial charge on any atom is -0.463 e. The van der Waals surface area contributed by atoms with Crippen molar-refractivity contribution in [1.29, 1.82) is 0 Å². The van der Waals surface area contributed by atoms with E-state index in [-0.39, 0.29) is 37.3 Å². The van der Waals surface area contributed by atoms with Crippen LogP contribution in [0.4, 0.5) is 5.69 Å². The van der Waals surface area contributed by atoms with Crippen LogP contribution in [0.2, 0.25) is 0 Å². The van der Waals surface area contributed by atoms with Crippen molar-refractivity contribution in [2.24, 2.45) is 0 Å². The van der Waals surface area contributed by atoms with E-state index in [1.807, 2.05) is 20.8 Å². The predicted molar refractivity (Wildman–Crippen MR) is 88.4 cm³/mol. The van der Waals surface area contributed by atoms with Gasteiger partial charge in [-0.3, -0.25) is 14.5 Å². The minimum atomic E-state index is -1.37. The molecule has 1 aromatic rings. The second kappa shape index (κ2) is 5.92. The molecule has 2 heterocycles. The summed E-state index contributed by atoms with van der Waals surface area (Å²) in [5, 5.41) is 0. The Morgan fingerprint density at radius 3 is 2.67 bits per heavy atom. The molecule has 1 saturated heterocycles. The lowest BCUT2D eigenvalue weighted by Crippen LogP contribution is -2.70. The molecule has 0 radical (unpaired) electrons. The van der Waals surface area contributed by atoms with Crippen molar-refractivity contribution < 1.29 is 19.1 Å². The molecule has 0 aliphatic carbocycles. The maximum absolute atomic E-state index is 13.1. The van der Waals surface area contributed by atoms with E-state index in [0.717, 1.165) is 0 Å². The fraction of sp³-hybridized carbons (Fsp3) is 0.500. The molecule has 0 saturated carbocycles. The molecule has 0 unspecified atom stereocenters. The van der Waals surface area contributed by atoms with Crippen LogP contribution in [0.25, 0.3) is 0 Å². The summed E-state index contributed by atoms with van der Waals surface area (Å²) in [6.07, 6.45) is 1.15. The number of carbonyl (C=O) groups excluding carboxylic acids is 3. The Kier molecular flexibility index (Phi) is 4.07. The zero-order chi connectivity index (χ0) is 17.5. The molecule has 1 aromatic carbocycles. The van der Waals surface area contributed by atoms with Gasteiger partial charge in [0, 0.05) is 18.9 Å². The molecule has 6 heteroatoms. The van der Waals surface area contributed by atoms with Crippen molar-refractivity contribution >= 4 is 23.5 Å². The molecular formula is C18H22N2O4. The molecule has 128 valence electrons. The smallest absolute Gasteiger partial charge is 0.353 e. The quantitative estimate of drug-likeness (QED) is 0.795. The van der Waals surface area contributed by atoms with Crippen molar-refractivity contribution in [1.82, 2.24) is 4.90 Å². The van der Waals surface area contributed by atoms with Gasteiger partial charge in [0.2, 0.25) is 11.6 Å². The summed E-state index contributed by atoms with van der Waals surface area (Å²) in [5.41, 5.74) is -0.429. The number of rotatable bonds is 4. The van der Waals surface area contributed by atoms with Gasteiger partial charge < -0.3 is 9.64 Å². The molecule has 2 amide bonds. The van der Waals surface area contributed by atoms with E-state index in [4.69, 9.17) is 4.74 Å². The van der Waals surface area contributed by atoms with Gasteiger partial charge in [0.25, 0.3) is 5.91 Å². The van der Waals surface area contributed by atoms with E-state index in [9.17, 15) is 14.4 Å². The molecule has 0 spiro atoms. The Balaban J connectivity index is 2.21.